The zero-order chi connectivity index (χ0) is 16.0. The lowest BCUT2D eigenvalue weighted by atomic mass is 9.81. The van der Waals surface area contributed by atoms with Crippen LogP contribution in [-0.4, -0.2) is 5.11 Å². The molecule has 1 N–H and O–H groups in total. The molecule has 0 aromatic heterocycles. The molecule has 2 aromatic rings. The molecule has 1 atom stereocenters. The maximum Gasteiger partial charge on any atom is 0.416 e. The van der Waals surface area contributed by atoms with Crippen LogP contribution in [0.4, 0.5) is 17.6 Å². The van der Waals surface area contributed by atoms with Crippen LogP contribution in [0.25, 0.3) is 0 Å². The molecule has 1 nitrogen and oxygen atoms in total. The van der Waals surface area contributed by atoms with Crippen LogP contribution in [0.1, 0.15) is 29.5 Å². The number of hydrogen-bond acceptors (Lipinski definition) is 1. The molecule has 0 saturated heterocycles. The van der Waals surface area contributed by atoms with E-state index < -0.39 is 23.2 Å². The van der Waals surface area contributed by atoms with Gasteiger partial charge in [-0.1, -0.05) is 24.3 Å². The molecule has 0 spiro atoms. The van der Waals surface area contributed by atoms with Crippen LogP contribution in [0, 0.1) is 11.7 Å². The zero-order valence-corrected chi connectivity index (χ0v) is 11.6. The number of halogens is 4. The summed E-state index contributed by atoms with van der Waals surface area (Å²) in [6.45, 7) is 0. The second-order valence-corrected chi connectivity index (χ2v) is 5.63. The van der Waals surface area contributed by atoms with Gasteiger partial charge in [-0.15, -0.1) is 0 Å². The Morgan fingerprint density at radius 3 is 2.00 bits per heavy atom. The molecule has 0 amide bonds. The van der Waals surface area contributed by atoms with Crippen LogP contribution in [0.5, 0.6) is 0 Å². The van der Waals surface area contributed by atoms with Crippen LogP contribution in [0.3, 0.4) is 0 Å². The van der Waals surface area contributed by atoms with Crippen molar-refractivity contribution in [3.63, 3.8) is 0 Å². The van der Waals surface area contributed by atoms with E-state index in [1.807, 2.05) is 0 Å². The molecule has 1 saturated carbocycles. The summed E-state index contributed by atoms with van der Waals surface area (Å²) in [5.41, 5.74) is -1.71. The van der Waals surface area contributed by atoms with Crippen molar-refractivity contribution in [1.82, 2.24) is 0 Å². The third-order valence-electron chi connectivity index (χ3n) is 4.08. The van der Waals surface area contributed by atoms with Gasteiger partial charge in [0.05, 0.1) is 5.56 Å². The minimum atomic E-state index is -4.47. The first-order chi connectivity index (χ1) is 10.3. The summed E-state index contributed by atoms with van der Waals surface area (Å²) in [6.07, 6.45) is -3.02. The quantitative estimate of drug-likeness (QED) is 0.828. The number of aliphatic hydroxyl groups is 1. The van der Waals surface area contributed by atoms with Crippen molar-refractivity contribution in [2.24, 2.45) is 5.92 Å². The smallest absolute Gasteiger partial charge is 0.380 e. The SMILES string of the molecule is OC(c1ccc(F)cc1)(c1cccc(C(F)(F)F)c1)C1CC1. The molecule has 116 valence electrons. The second kappa shape index (κ2) is 5.09. The van der Waals surface area contributed by atoms with Crippen molar-refractivity contribution in [2.45, 2.75) is 24.6 Å². The van der Waals surface area contributed by atoms with E-state index in [-0.39, 0.29) is 11.5 Å². The highest BCUT2D eigenvalue weighted by atomic mass is 19.4. The van der Waals surface area contributed by atoms with Crippen molar-refractivity contribution in [3.8, 4) is 0 Å². The number of alkyl halides is 3. The topological polar surface area (TPSA) is 20.2 Å². The highest BCUT2D eigenvalue weighted by Crippen LogP contribution is 2.50. The third-order valence-corrected chi connectivity index (χ3v) is 4.08. The first-order valence-corrected chi connectivity index (χ1v) is 6.98. The Morgan fingerprint density at radius 2 is 1.45 bits per heavy atom. The molecule has 0 bridgehead atoms. The summed E-state index contributed by atoms with van der Waals surface area (Å²) in [4.78, 5) is 0. The van der Waals surface area contributed by atoms with Gasteiger partial charge in [0.1, 0.15) is 11.4 Å². The van der Waals surface area contributed by atoms with E-state index in [1.54, 1.807) is 0 Å². The van der Waals surface area contributed by atoms with Gasteiger partial charge in [0, 0.05) is 0 Å². The third kappa shape index (κ3) is 2.61. The molecular weight excluding hydrogens is 296 g/mol. The average Bonchev–Trinajstić information content (AvgIpc) is 3.31. The molecule has 5 heteroatoms. The molecule has 0 heterocycles. The van der Waals surface area contributed by atoms with Gasteiger partial charge in [0.25, 0.3) is 0 Å². The summed E-state index contributed by atoms with van der Waals surface area (Å²) in [6, 6.07) is 9.98. The fraction of sp³-hybridized carbons (Fsp3) is 0.294. The molecule has 1 unspecified atom stereocenters. The second-order valence-electron chi connectivity index (χ2n) is 5.63. The molecule has 0 radical (unpaired) electrons. The number of hydrogen-bond donors (Lipinski definition) is 1. The fourth-order valence-electron chi connectivity index (χ4n) is 2.78. The van der Waals surface area contributed by atoms with E-state index in [0.29, 0.717) is 5.56 Å². The van der Waals surface area contributed by atoms with Gasteiger partial charge < -0.3 is 5.11 Å². The van der Waals surface area contributed by atoms with E-state index >= 15 is 0 Å². The Balaban J connectivity index is 2.10. The van der Waals surface area contributed by atoms with E-state index in [9.17, 15) is 22.7 Å². The molecular formula is C17H14F4O. The molecule has 3 rings (SSSR count). The van der Waals surface area contributed by atoms with Gasteiger partial charge >= 0.3 is 6.18 Å². The van der Waals surface area contributed by atoms with Crippen LogP contribution in [0.2, 0.25) is 0 Å². The average molecular weight is 310 g/mol. The van der Waals surface area contributed by atoms with Crippen molar-refractivity contribution >= 4 is 0 Å². The van der Waals surface area contributed by atoms with Crippen molar-refractivity contribution in [1.29, 1.82) is 0 Å². The Labute approximate surface area is 125 Å². The summed E-state index contributed by atoms with van der Waals surface area (Å²) in [7, 11) is 0. The van der Waals surface area contributed by atoms with Crippen LogP contribution in [0.15, 0.2) is 48.5 Å². The number of rotatable bonds is 3. The monoisotopic (exact) mass is 310 g/mol. The summed E-state index contributed by atoms with van der Waals surface area (Å²) in [5, 5.41) is 11.1. The molecule has 22 heavy (non-hydrogen) atoms. The lowest BCUT2D eigenvalue weighted by Crippen LogP contribution is -2.30. The highest BCUT2D eigenvalue weighted by molar-refractivity contribution is 5.40. The van der Waals surface area contributed by atoms with Crippen molar-refractivity contribution in [2.75, 3.05) is 0 Å². The largest absolute Gasteiger partial charge is 0.416 e. The first kappa shape index (κ1) is 15.0. The molecule has 1 aliphatic carbocycles. The standard InChI is InChI=1S/C17H14F4O/c18-15-8-6-12(7-9-15)16(22,11-4-5-11)13-2-1-3-14(10-13)17(19,20)21/h1-3,6-11,22H,4-5H2. The molecule has 1 aliphatic rings. The summed E-state index contributed by atoms with van der Waals surface area (Å²) >= 11 is 0. The van der Waals surface area contributed by atoms with E-state index in [0.717, 1.165) is 25.0 Å². The van der Waals surface area contributed by atoms with Crippen LogP contribution in [-0.2, 0) is 11.8 Å². The molecule has 0 aliphatic heterocycles. The Bertz CT molecular complexity index is 674. The zero-order valence-electron chi connectivity index (χ0n) is 11.6. The van der Waals surface area contributed by atoms with Crippen molar-refractivity contribution < 1.29 is 22.7 Å². The molecule has 2 aromatic carbocycles. The van der Waals surface area contributed by atoms with Crippen LogP contribution < -0.4 is 0 Å². The van der Waals surface area contributed by atoms with E-state index in [4.69, 9.17) is 0 Å². The van der Waals surface area contributed by atoms with E-state index in [2.05, 4.69) is 0 Å². The predicted octanol–water partition coefficient (Wildman–Crippen LogP) is 4.49. The fourth-order valence-corrected chi connectivity index (χ4v) is 2.78. The van der Waals surface area contributed by atoms with Crippen molar-refractivity contribution in [3.05, 3.63) is 71.0 Å². The minimum absolute atomic E-state index is 0.151. The molecule has 1 fully saturated rings. The number of benzene rings is 2. The predicted molar refractivity (Wildman–Crippen MR) is 73.6 cm³/mol. The normalized spacial score (nSPS) is 18.0. The Kier molecular flexibility index (Phi) is 3.48. The van der Waals surface area contributed by atoms with Gasteiger partial charge in [-0.3, -0.25) is 0 Å². The maximum atomic E-state index is 13.1. The van der Waals surface area contributed by atoms with Gasteiger partial charge in [-0.2, -0.15) is 13.2 Å². The van der Waals surface area contributed by atoms with E-state index in [1.165, 1.54) is 36.4 Å². The summed E-state index contributed by atoms with van der Waals surface area (Å²) < 4.78 is 51.8. The Morgan fingerprint density at radius 1 is 0.864 bits per heavy atom. The maximum absolute atomic E-state index is 13.1. The lowest BCUT2D eigenvalue weighted by Gasteiger charge is -2.30. The first-order valence-electron chi connectivity index (χ1n) is 6.98. The van der Waals surface area contributed by atoms with Gasteiger partial charge in [0.15, 0.2) is 0 Å². The van der Waals surface area contributed by atoms with Gasteiger partial charge in [-0.05, 0) is 54.2 Å². The summed E-state index contributed by atoms with van der Waals surface area (Å²) in [5.74, 6) is -0.604. The minimum Gasteiger partial charge on any atom is -0.380 e. The van der Waals surface area contributed by atoms with Gasteiger partial charge in [-0.25, -0.2) is 4.39 Å². The van der Waals surface area contributed by atoms with Gasteiger partial charge in [0.2, 0.25) is 0 Å². The highest BCUT2D eigenvalue weighted by Gasteiger charge is 2.47. The lowest BCUT2D eigenvalue weighted by molar-refractivity contribution is -0.137. The Hall–Kier alpha value is -1.88. The van der Waals surface area contributed by atoms with Crippen LogP contribution >= 0.6 is 0 Å².